The summed E-state index contributed by atoms with van der Waals surface area (Å²) < 4.78 is 11.1. The predicted molar refractivity (Wildman–Crippen MR) is 92.2 cm³/mol. The number of hydrogen-bond acceptors (Lipinski definition) is 4. The maximum Gasteiger partial charge on any atom is 0.246 e. The molecule has 0 spiro atoms. The molecule has 0 bridgehead atoms. The van der Waals surface area contributed by atoms with Gasteiger partial charge in [-0.05, 0) is 37.6 Å². The van der Waals surface area contributed by atoms with Crippen LogP contribution >= 0.6 is 0 Å². The molecule has 0 aliphatic carbocycles. The molecule has 1 fully saturated rings. The Morgan fingerprint density at radius 2 is 2.13 bits per heavy atom. The van der Waals surface area contributed by atoms with Gasteiger partial charge < -0.3 is 20.1 Å². The Morgan fingerprint density at radius 1 is 1.43 bits per heavy atom. The molecule has 1 aromatic carbocycles. The fourth-order valence-corrected chi connectivity index (χ4v) is 2.58. The fraction of sp³-hybridized carbons (Fsp3) is 0.389. The molecular formula is C18H24N2O3. The Bertz CT molecular complexity index is 588. The van der Waals surface area contributed by atoms with Crippen LogP contribution in [0.5, 0.6) is 5.75 Å². The van der Waals surface area contributed by atoms with Crippen LogP contribution in [0.2, 0.25) is 0 Å². The highest BCUT2D eigenvalue weighted by Crippen LogP contribution is 2.23. The van der Waals surface area contributed by atoms with E-state index in [-0.39, 0.29) is 18.1 Å². The van der Waals surface area contributed by atoms with Crippen LogP contribution in [0.4, 0.5) is 5.69 Å². The second-order valence-electron chi connectivity index (χ2n) is 5.73. The molecule has 2 atom stereocenters. The molecule has 2 rings (SSSR count). The van der Waals surface area contributed by atoms with Crippen LogP contribution in [0.15, 0.2) is 36.9 Å². The van der Waals surface area contributed by atoms with Gasteiger partial charge in [0.1, 0.15) is 12.4 Å². The summed E-state index contributed by atoms with van der Waals surface area (Å²) in [5.74, 6) is 0.599. The lowest BCUT2D eigenvalue weighted by atomic mass is 10.1. The van der Waals surface area contributed by atoms with Crippen molar-refractivity contribution in [1.29, 1.82) is 0 Å². The zero-order valence-corrected chi connectivity index (χ0v) is 13.7. The van der Waals surface area contributed by atoms with E-state index >= 15 is 0 Å². The Labute approximate surface area is 137 Å². The first-order valence-corrected chi connectivity index (χ1v) is 7.75. The first-order chi connectivity index (χ1) is 11.0. The lowest BCUT2D eigenvalue weighted by Crippen LogP contribution is -2.47. The minimum atomic E-state index is -0.0162. The van der Waals surface area contributed by atoms with Gasteiger partial charge in [-0.2, -0.15) is 0 Å². The van der Waals surface area contributed by atoms with Crippen LogP contribution in [0.3, 0.4) is 0 Å². The molecule has 124 valence electrons. The normalized spacial score (nSPS) is 21.4. The van der Waals surface area contributed by atoms with Gasteiger partial charge in [0.15, 0.2) is 0 Å². The van der Waals surface area contributed by atoms with Gasteiger partial charge >= 0.3 is 0 Å². The molecule has 1 amide bonds. The Hall–Kier alpha value is -2.27. The molecule has 0 aromatic heterocycles. The van der Waals surface area contributed by atoms with E-state index in [2.05, 4.69) is 6.58 Å². The van der Waals surface area contributed by atoms with Crippen molar-refractivity contribution in [1.82, 2.24) is 4.90 Å². The number of nitrogen functional groups attached to an aromatic ring is 1. The third-order valence-electron chi connectivity index (χ3n) is 3.54. The smallest absolute Gasteiger partial charge is 0.246 e. The number of amides is 1. The van der Waals surface area contributed by atoms with E-state index in [0.717, 1.165) is 5.56 Å². The molecule has 2 N–H and O–H groups in total. The zero-order valence-electron chi connectivity index (χ0n) is 13.7. The van der Waals surface area contributed by atoms with Gasteiger partial charge in [-0.1, -0.05) is 18.7 Å². The topological polar surface area (TPSA) is 64.8 Å². The van der Waals surface area contributed by atoms with Crippen LogP contribution in [-0.2, 0) is 9.53 Å². The molecule has 0 saturated carbocycles. The first-order valence-electron chi connectivity index (χ1n) is 7.75. The number of hydrogen-bond donors (Lipinski definition) is 1. The lowest BCUT2D eigenvalue weighted by molar-refractivity contribution is -0.137. The molecule has 5 nitrogen and oxygen atoms in total. The van der Waals surface area contributed by atoms with Crippen LogP contribution in [0.1, 0.15) is 19.4 Å². The van der Waals surface area contributed by atoms with Crippen LogP contribution in [0, 0.1) is 0 Å². The molecule has 1 saturated heterocycles. The number of carbonyl (C=O) groups is 1. The molecule has 1 aliphatic heterocycles. The Kier molecular flexibility index (Phi) is 5.82. The molecule has 2 unspecified atom stereocenters. The quantitative estimate of drug-likeness (QED) is 0.515. The zero-order chi connectivity index (χ0) is 16.8. The van der Waals surface area contributed by atoms with Crippen molar-refractivity contribution in [3.63, 3.8) is 0 Å². The summed E-state index contributed by atoms with van der Waals surface area (Å²) in [6.45, 7) is 9.19. The first kappa shape index (κ1) is 17.1. The maximum atomic E-state index is 12.3. The van der Waals surface area contributed by atoms with Crippen LogP contribution in [-0.4, -0.2) is 42.7 Å². The maximum absolute atomic E-state index is 12.3. The molecule has 1 aliphatic rings. The van der Waals surface area contributed by atoms with E-state index in [4.69, 9.17) is 15.2 Å². The van der Waals surface area contributed by atoms with Crippen molar-refractivity contribution in [2.24, 2.45) is 0 Å². The SMILES string of the molecule is C=CCOc1ccc(/C=C\C(=O)N2CC(C)OC(C)C2)cc1N. The van der Waals surface area contributed by atoms with Gasteiger partial charge in [0.2, 0.25) is 5.91 Å². The molecule has 1 heterocycles. The average molecular weight is 316 g/mol. The monoisotopic (exact) mass is 316 g/mol. The predicted octanol–water partition coefficient (Wildman–Crippen LogP) is 2.48. The van der Waals surface area contributed by atoms with Gasteiger partial charge in [0, 0.05) is 19.2 Å². The molecular weight excluding hydrogens is 292 g/mol. The van der Waals surface area contributed by atoms with Crippen molar-refractivity contribution < 1.29 is 14.3 Å². The number of morpholine rings is 1. The summed E-state index contributed by atoms with van der Waals surface area (Å²) in [4.78, 5) is 14.1. The summed E-state index contributed by atoms with van der Waals surface area (Å²) in [5.41, 5.74) is 7.34. The molecule has 0 radical (unpaired) electrons. The minimum absolute atomic E-state index is 0.0162. The van der Waals surface area contributed by atoms with Crippen molar-refractivity contribution >= 4 is 17.7 Å². The van der Waals surface area contributed by atoms with Crippen molar-refractivity contribution in [3.05, 3.63) is 42.5 Å². The van der Waals surface area contributed by atoms with Crippen LogP contribution in [0.25, 0.3) is 6.08 Å². The van der Waals surface area contributed by atoms with Gasteiger partial charge in [0.25, 0.3) is 0 Å². The standard InChI is InChI=1S/C18H24N2O3/c1-4-9-22-17-7-5-15(10-16(17)19)6-8-18(21)20-11-13(2)23-14(3)12-20/h4-8,10,13-14H,1,9,11-12,19H2,2-3H3/b8-6-. The number of anilines is 1. The van der Waals surface area contributed by atoms with E-state index in [1.54, 1.807) is 35.3 Å². The number of benzene rings is 1. The molecule has 5 heteroatoms. The number of rotatable bonds is 5. The van der Waals surface area contributed by atoms with Gasteiger partial charge in [-0.3, -0.25) is 4.79 Å². The Balaban J connectivity index is 2.00. The number of carbonyl (C=O) groups excluding carboxylic acids is 1. The summed E-state index contributed by atoms with van der Waals surface area (Å²) in [5, 5.41) is 0. The summed E-state index contributed by atoms with van der Waals surface area (Å²) in [6, 6.07) is 5.44. The van der Waals surface area contributed by atoms with Crippen molar-refractivity contribution in [2.75, 3.05) is 25.4 Å². The highest BCUT2D eigenvalue weighted by molar-refractivity contribution is 5.92. The minimum Gasteiger partial charge on any atom is -0.487 e. The molecule has 1 aromatic rings. The van der Waals surface area contributed by atoms with E-state index in [0.29, 0.717) is 31.1 Å². The second-order valence-corrected chi connectivity index (χ2v) is 5.73. The summed E-state index contributed by atoms with van der Waals surface area (Å²) in [6.07, 6.45) is 5.13. The second kappa shape index (κ2) is 7.83. The van der Waals surface area contributed by atoms with Crippen molar-refractivity contribution in [2.45, 2.75) is 26.1 Å². The van der Waals surface area contributed by atoms with Gasteiger partial charge in [-0.15, -0.1) is 0 Å². The highest BCUT2D eigenvalue weighted by Gasteiger charge is 2.24. The number of nitrogens with two attached hydrogens (primary N) is 1. The van der Waals surface area contributed by atoms with Crippen LogP contribution < -0.4 is 10.5 Å². The van der Waals surface area contributed by atoms with E-state index in [1.807, 2.05) is 19.9 Å². The number of nitrogens with zero attached hydrogens (tertiary/aromatic N) is 1. The van der Waals surface area contributed by atoms with Gasteiger partial charge in [-0.25, -0.2) is 0 Å². The van der Waals surface area contributed by atoms with E-state index in [9.17, 15) is 4.79 Å². The van der Waals surface area contributed by atoms with Gasteiger partial charge in [0.05, 0.1) is 17.9 Å². The number of ether oxygens (including phenoxy) is 2. The molecule has 23 heavy (non-hydrogen) atoms. The average Bonchev–Trinajstić information content (AvgIpc) is 2.50. The van der Waals surface area contributed by atoms with E-state index < -0.39 is 0 Å². The summed E-state index contributed by atoms with van der Waals surface area (Å²) in [7, 11) is 0. The third kappa shape index (κ3) is 4.86. The Morgan fingerprint density at radius 3 is 2.74 bits per heavy atom. The summed E-state index contributed by atoms with van der Waals surface area (Å²) >= 11 is 0. The fourth-order valence-electron chi connectivity index (χ4n) is 2.58. The third-order valence-corrected chi connectivity index (χ3v) is 3.54. The highest BCUT2D eigenvalue weighted by atomic mass is 16.5. The van der Waals surface area contributed by atoms with Crippen molar-refractivity contribution in [3.8, 4) is 5.75 Å². The largest absolute Gasteiger partial charge is 0.487 e. The van der Waals surface area contributed by atoms with E-state index in [1.165, 1.54) is 0 Å². The lowest BCUT2D eigenvalue weighted by Gasteiger charge is -2.34.